The highest BCUT2D eigenvalue weighted by Crippen LogP contribution is 2.22. The van der Waals surface area contributed by atoms with E-state index in [4.69, 9.17) is 0 Å². The van der Waals surface area contributed by atoms with E-state index in [0.717, 1.165) is 0 Å². The van der Waals surface area contributed by atoms with Gasteiger partial charge >= 0.3 is 0 Å². The van der Waals surface area contributed by atoms with Crippen molar-refractivity contribution < 1.29 is 0 Å². The van der Waals surface area contributed by atoms with Crippen molar-refractivity contribution in [2.24, 2.45) is 0 Å². The molecule has 0 saturated heterocycles. The van der Waals surface area contributed by atoms with E-state index in [2.05, 4.69) is 104 Å². The summed E-state index contributed by atoms with van der Waals surface area (Å²) in [5, 5.41) is 0. The molecule has 0 heteroatoms. The van der Waals surface area contributed by atoms with Crippen molar-refractivity contribution in [2.75, 3.05) is 0 Å². The number of rotatable bonds is 0. The molecular formula is C22H32. The second kappa shape index (κ2) is 7.13. The van der Waals surface area contributed by atoms with Crippen molar-refractivity contribution in [3.63, 3.8) is 0 Å². The Balaban J connectivity index is 0.000000220. The summed E-state index contributed by atoms with van der Waals surface area (Å²) in [6.07, 6.45) is 0. The van der Waals surface area contributed by atoms with Crippen molar-refractivity contribution in [3.05, 3.63) is 70.8 Å². The van der Waals surface area contributed by atoms with E-state index in [1.165, 1.54) is 22.3 Å². The third kappa shape index (κ3) is 6.05. The maximum absolute atomic E-state index is 2.23. The Morgan fingerprint density at radius 1 is 0.455 bits per heavy atom. The Kier molecular flexibility index (Phi) is 6.00. The van der Waals surface area contributed by atoms with Crippen LogP contribution in [0.1, 0.15) is 63.8 Å². The van der Waals surface area contributed by atoms with Crippen LogP contribution in [-0.4, -0.2) is 0 Å². The van der Waals surface area contributed by atoms with Gasteiger partial charge in [-0.1, -0.05) is 101 Å². The summed E-state index contributed by atoms with van der Waals surface area (Å²) in [5.41, 5.74) is 6.05. The zero-order chi connectivity index (χ0) is 17.0. The van der Waals surface area contributed by atoms with Crippen molar-refractivity contribution >= 4 is 0 Å². The molecule has 0 amide bonds. The van der Waals surface area contributed by atoms with Crippen LogP contribution in [0.2, 0.25) is 0 Å². The van der Waals surface area contributed by atoms with Gasteiger partial charge in [0.05, 0.1) is 0 Å². The second-order valence-electron chi connectivity index (χ2n) is 8.23. The van der Waals surface area contributed by atoms with Crippen LogP contribution in [0.25, 0.3) is 0 Å². The van der Waals surface area contributed by atoms with Crippen molar-refractivity contribution in [2.45, 2.75) is 66.2 Å². The molecule has 0 heterocycles. The zero-order valence-electron chi connectivity index (χ0n) is 15.6. The molecule has 120 valence electrons. The maximum atomic E-state index is 2.23. The standard InChI is InChI=1S/2C11H16/c2*1-9-5-7-10(8-6-9)11(2,3)4/h2*5-8H,1-4H3. The van der Waals surface area contributed by atoms with Gasteiger partial charge in [-0.2, -0.15) is 0 Å². The molecule has 0 aromatic heterocycles. The fourth-order valence-corrected chi connectivity index (χ4v) is 2.11. The first-order valence-corrected chi connectivity index (χ1v) is 8.14. The van der Waals surface area contributed by atoms with Crippen LogP contribution in [0.5, 0.6) is 0 Å². The van der Waals surface area contributed by atoms with E-state index in [9.17, 15) is 0 Å². The molecule has 0 radical (unpaired) electrons. The van der Waals surface area contributed by atoms with Crippen LogP contribution in [-0.2, 0) is 10.8 Å². The highest BCUT2D eigenvalue weighted by molar-refractivity contribution is 5.27. The highest BCUT2D eigenvalue weighted by atomic mass is 14.2. The Morgan fingerprint density at radius 2 is 0.682 bits per heavy atom. The van der Waals surface area contributed by atoms with Crippen LogP contribution in [0, 0.1) is 13.8 Å². The Hall–Kier alpha value is -1.56. The summed E-state index contributed by atoms with van der Waals surface area (Å²) < 4.78 is 0. The lowest BCUT2D eigenvalue weighted by atomic mass is 9.87. The minimum Gasteiger partial charge on any atom is -0.0590 e. The quantitative estimate of drug-likeness (QED) is 0.514. The van der Waals surface area contributed by atoms with Gasteiger partial charge in [0, 0.05) is 0 Å². The molecule has 0 aliphatic heterocycles. The van der Waals surface area contributed by atoms with Crippen LogP contribution in [0.15, 0.2) is 48.5 Å². The van der Waals surface area contributed by atoms with E-state index in [-0.39, 0.29) is 10.8 Å². The molecule has 0 unspecified atom stereocenters. The predicted molar refractivity (Wildman–Crippen MR) is 99.8 cm³/mol. The molecule has 0 aliphatic rings. The lowest BCUT2D eigenvalue weighted by molar-refractivity contribution is 0.590. The Morgan fingerprint density at radius 3 is 0.864 bits per heavy atom. The van der Waals surface area contributed by atoms with Gasteiger partial charge in [0.2, 0.25) is 0 Å². The highest BCUT2D eigenvalue weighted by Gasteiger charge is 2.12. The van der Waals surface area contributed by atoms with Crippen LogP contribution >= 0.6 is 0 Å². The van der Waals surface area contributed by atoms with E-state index in [1.54, 1.807) is 0 Å². The summed E-state index contributed by atoms with van der Waals surface area (Å²) >= 11 is 0. The minimum atomic E-state index is 0.285. The average molecular weight is 296 g/mol. The average Bonchev–Trinajstić information content (AvgIpc) is 2.38. The lowest BCUT2D eigenvalue weighted by Crippen LogP contribution is -2.10. The minimum absolute atomic E-state index is 0.285. The first-order chi connectivity index (χ1) is 10.00. The van der Waals surface area contributed by atoms with Crippen molar-refractivity contribution in [1.82, 2.24) is 0 Å². The van der Waals surface area contributed by atoms with Crippen LogP contribution in [0.4, 0.5) is 0 Å². The van der Waals surface area contributed by atoms with E-state index < -0.39 is 0 Å². The topological polar surface area (TPSA) is 0 Å². The summed E-state index contributed by atoms with van der Waals surface area (Å²) in [5.74, 6) is 0. The molecule has 0 N–H and O–H groups in total. The molecular weight excluding hydrogens is 264 g/mol. The Bertz CT molecular complexity index is 502. The lowest BCUT2D eigenvalue weighted by Gasteiger charge is -2.18. The molecule has 0 atom stereocenters. The van der Waals surface area contributed by atoms with Crippen molar-refractivity contribution in [3.8, 4) is 0 Å². The molecule has 2 rings (SSSR count). The summed E-state index contributed by atoms with van der Waals surface area (Å²) in [6.45, 7) is 17.6. The van der Waals surface area contributed by atoms with E-state index in [1.807, 2.05) is 0 Å². The van der Waals surface area contributed by atoms with Gasteiger partial charge in [-0.15, -0.1) is 0 Å². The van der Waals surface area contributed by atoms with Crippen molar-refractivity contribution in [1.29, 1.82) is 0 Å². The molecule has 0 nitrogen and oxygen atoms in total. The van der Waals surface area contributed by atoms with Crippen LogP contribution < -0.4 is 0 Å². The number of hydrogen-bond donors (Lipinski definition) is 0. The van der Waals surface area contributed by atoms with Gasteiger partial charge in [0.15, 0.2) is 0 Å². The molecule has 2 aromatic rings. The third-order valence-electron chi connectivity index (χ3n) is 3.84. The van der Waals surface area contributed by atoms with E-state index in [0.29, 0.717) is 0 Å². The van der Waals surface area contributed by atoms with Gasteiger partial charge < -0.3 is 0 Å². The fourth-order valence-electron chi connectivity index (χ4n) is 2.11. The molecule has 0 spiro atoms. The maximum Gasteiger partial charge on any atom is -0.0132 e. The number of hydrogen-bond acceptors (Lipinski definition) is 0. The molecule has 2 aromatic carbocycles. The molecule has 0 aliphatic carbocycles. The molecule has 0 saturated carbocycles. The molecule has 0 fully saturated rings. The normalized spacial score (nSPS) is 11.6. The van der Waals surface area contributed by atoms with Crippen LogP contribution in [0.3, 0.4) is 0 Å². The first-order valence-electron chi connectivity index (χ1n) is 8.14. The van der Waals surface area contributed by atoms with Gasteiger partial charge in [0.1, 0.15) is 0 Å². The number of benzene rings is 2. The fraction of sp³-hybridized carbons (Fsp3) is 0.455. The Labute approximate surface area is 137 Å². The third-order valence-corrected chi connectivity index (χ3v) is 3.84. The van der Waals surface area contributed by atoms with Gasteiger partial charge in [-0.05, 0) is 35.8 Å². The first kappa shape index (κ1) is 18.5. The smallest absolute Gasteiger partial charge is 0.0132 e. The second-order valence-corrected chi connectivity index (χ2v) is 8.23. The van der Waals surface area contributed by atoms with Gasteiger partial charge in [-0.3, -0.25) is 0 Å². The monoisotopic (exact) mass is 296 g/mol. The zero-order valence-corrected chi connectivity index (χ0v) is 15.6. The van der Waals surface area contributed by atoms with Gasteiger partial charge in [0.25, 0.3) is 0 Å². The van der Waals surface area contributed by atoms with E-state index >= 15 is 0 Å². The largest absolute Gasteiger partial charge is 0.0590 e. The van der Waals surface area contributed by atoms with Gasteiger partial charge in [-0.25, -0.2) is 0 Å². The molecule has 0 bridgehead atoms. The summed E-state index contributed by atoms with van der Waals surface area (Å²) in [7, 11) is 0. The summed E-state index contributed by atoms with van der Waals surface area (Å²) in [4.78, 5) is 0. The molecule has 22 heavy (non-hydrogen) atoms. The predicted octanol–water partition coefficient (Wildman–Crippen LogP) is 6.59. The SMILES string of the molecule is Cc1ccc(C(C)(C)C)cc1.Cc1ccc(C(C)(C)C)cc1. The summed E-state index contributed by atoms with van der Waals surface area (Å²) in [6, 6.07) is 17.5. The number of aryl methyl sites for hydroxylation is 2.